The highest BCUT2D eigenvalue weighted by atomic mass is 35.5. The smallest absolute Gasteiger partial charge is 0.317 e. The molecule has 1 aromatic heterocycles. The first kappa shape index (κ1) is 14.9. The van der Waals surface area contributed by atoms with E-state index in [1.807, 2.05) is 0 Å². The van der Waals surface area contributed by atoms with Gasteiger partial charge in [0.2, 0.25) is 0 Å². The molecular weight excluding hydrogens is 309 g/mol. The summed E-state index contributed by atoms with van der Waals surface area (Å²) in [5.41, 5.74) is 0.795. The van der Waals surface area contributed by atoms with Crippen molar-refractivity contribution in [3.8, 4) is 0 Å². The zero-order valence-electron chi connectivity index (χ0n) is 10.3. The number of carbonyl (C=O) groups is 1. The van der Waals surface area contributed by atoms with Crippen LogP contribution in [-0.4, -0.2) is 48.3 Å². The van der Waals surface area contributed by atoms with Gasteiger partial charge in [-0.05, 0) is 6.07 Å². The molecule has 1 aliphatic rings. The predicted molar refractivity (Wildman–Crippen MR) is 77.0 cm³/mol. The van der Waals surface area contributed by atoms with E-state index in [0.29, 0.717) is 28.3 Å². The van der Waals surface area contributed by atoms with Gasteiger partial charge in [0.1, 0.15) is 0 Å². The molecular formula is C11H15Cl2N3O2S. The van der Waals surface area contributed by atoms with Crippen molar-refractivity contribution in [3.63, 3.8) is 0 Å². The third kappa shape index (κ3) is 3.52. The van der Waals surface area contributed by atoms with Crippen LogP contribution in [0, 0.1) is 0 Å². The Morgan fingerprint density at radius 3 is 2.89 bits per heavy atom. The zero-order chi connectivity index (χ0) is 14.0. The number of carbonyl (C=O) groups excluding carboxylic acids is 1. The van der Waals surface area contributed by atoms with Gasteiger partial charge < -0.3 is 20.6 Å². The Balaban J connectivity index is 1.89. The average Bonchev–Trinajstić information content (AvgIpc) is 2.91. The van der Waals surface area contributed by atoms with Crippen LogP contribution in [0.4, 0.5) is 4.79 Å². The molecule has 2 amide bonds. The molecule has 0 radical (unpaired) electrons. The van der Waals surface area contributed by atoms with Crippen molar-refractivity contribution in [3.05, 3.63) is 20.3 Å². The molecule has 8 heteroatoms. The Bertz CT molecular complexity index is 469. The van der Waals surface area contributed by atoms with E-state index >= 15 is 0 Å². The molecule has 2 heterocycles. The van der Waals surface area contributed by atoms with Crippen molar-refractivity contribution < 1.29 is 9.90 Å². The summed E-state index contributed by atoms with van der Waals surface area (Å²) >= 11 is 13.1. The van der Waals surface area contributed by atoms with Crippen LogP contribution < -0.4 is 10.6 Å². The number of hydrogen-bond donors (Lipinski definition) is 3. The number of nitrogens with zero attached hydrogens (tertiary/aromatic N) is 1. The number of halogens is 2. The molecule has 0 bridgehead atoms. The van der Waals surface area contributed by atoms with Gasteiger partial charge in [0.25, 0.3) is 0 Å². The molecule has 0 aliphatic carbocycles. The van der Waals surface area contributed by atoms with Crippen LogP contribution in [0.2, 0.25) is 8.67 Å². The van der Waals surface area contributed by atoms with Crippen LogP contribution in [0.15, 0.2) is 6.07 Å². The minimum absolute atomic E-state index is 0.207. The van der Waals surface area contributed by atoms with E-state index < -0.39 is 6.10 Å². The third-order valence-electron chi connectivity index (χ3n) is 3.13. The van der Waals surface area contributed by atoms with Crippen LogP contribution in [-0.2, 0) is 6.54 Å². The number of urea groups is 1. The molecule has 3 N–H and O–H groups in total. The maximum atomic E-state index is 12.0. The summed E-state index contributed by atoms with van der Waals surface area (Å²) in [5.74, 6) is 0. The fourth-order valence-electron chi connectivity index (χ4n) is 1.99. The first-order valence-corrected chi connectivity index (χ1v) is 7.39. The second-order valence-corrected chi connectivity index (χ2v) is 6.70. The summed E-state index contributed by atoms with van der Waals surface area (Å²) in [5, 5.41) is 15.5. The molecule has 1 aliphatic heterocycles. The number of hydrogen-bond acceptors (Lipinski definition) is 4. The van der Waals surface area contributed by atoms with Crippen molar-refractivity contribution in [1.82, 2.24) is 15.5 Å². The number of β-amino-alcohol motifs (C(OH)–C–C–N with tert-alkyl or cyclic N) is 1. The van der Waals surface area contributed by atoms with E-state index in [1.54, 1.807) is 13.1 Å². The zero-order valence-corrected chi connectivity index (χ0v) is 12.6. The van der Waals surface area contributed by atoms with E-state index in [-0.39, 0.29) is 12.1 Å². The summed E-state index contributed by atoms with van der Waals surface area (Å²) in [6, 6.07) is 1.29. The Hall–Kier alpha value is -0.530. The summed E-state index contributed by atoms with van der Waals surface area (Å²) in [6.07, 6.45) is -0.532. The molecule has 1 fully saturated rings. The molecule has 0 spiro atoms. The molecule has 2 atom stereocenters. The topological polar surface area (TPSA) is 64.6 Å². The Morgan fingerprint density at radius 2 is 2.37 bits per heavy atom. The van der Waals surface area contributed by atoms with E-state index in [0.717, 1.165) is 5.56 Å². The second kappa shape index (κ2) is 6.28. The second-order valence-electron chi connectivity index (χ2n) is 4.41. The van der Waals surface area contributed by atoms with Gasteiger partial charge >= 0.3 is 6.03 Å². The van der Waals surface area contributed by atoms with E-state index in [2.05, 4.69) is 10.6 Å². The number of amides is 2. The average molecular weight is 324 g/mol. The fraction of sp³-hybridized carbons (Fsp3) is 0.545. The Morgan fingerprint density at radius 1 is 1.63 bits per heavy atom. The van der Waals surface area contributed by atoms with Gasteiger partial charge in [-0.15, -0.1) is 11.3 Å². The molecule has 1 saturated heterocycles. The van der Waals surface area contributed by atoms with Gasteiger partial charge in [-0.2, -0.15) is 0 Å². The van der Waals surface area contributed by atoms with Crippen LogP contribution in [0.5, 0.6) is 0 Å². The maximum absolute atomic E-state index is 12.0. The highest BCUT2D eigenvalue weighted by Gasteiger charge is 2.31. The number of thiophene rings is 1. The normalized spacial score (nSPS) is 22.5. The molecule has 5 nitrogen and oxygen atoms in total. The molecule has 0 unspecified atom stereocenters. The highest BCUT2D eigenvalue weighted by Crippen LogP contribution is 2.30. The predicted octanol–water partition coefficient (Wildman–Crippen LogP) is 1.53. The van der Waals surface area contributed by atoms with Crippen molar-refractivity contribution in [1.29, 1.82) is 0 Å². The Kier molecular flexibility index (Phi) is 4.92. The van der Waals surface area contributed by atoms with Crippen molar-refractivity contribution in [2.45, 2.75) is 18.7 Å². The number of aliphatic hydroxyl groups excluding tert-OH is 1. The Labute approximate surface area is 125 Å². The lowest BCUT2D eigenvalue weighted by Gasteiger charge is -2.26. The maximum Gasteiger partial charge on any atom is 0.317 e. The van der Waals surface area contributed by atoms with Gasteiger partial charge in [-0.25, -0.2) is 4.79 Å². The number of likely N-dealkylation sites (N-methyl/N-ethyl adjacent to an activating group) is 1. The van der Waals surface area contributed by atoms with Gasteiger partial charge in [0.15, 0.2) is 0 Å². The van der Waals surface area contributed by atoms with Gasteiger partial charge in [0.05, 0.1) is 20.8 Å². The van der Waals surface area contributed by atoms with Crippen molar-refractivity contribution in [2.24, 2.45) is 0 Å². The third-order valence-corrected chi connectivity index (χ3v) is 4.70. The van der Waals surface area contributed by atoms with Crippen molar-refractivity contribution in [2.75, 3.05) is 20.1 Å². The first-order valence-electron chi connectivity index (χ1n) is 5.82. The fourth-order valence-corrected chi connectivity index (χ4v) is 3.47. The summed E-state index contributed by atoms with van der Waals surface area (Å²) in [4.78, 5) is 13.5. The minimum Gasteiger partial charge on any atom is -0.390 e. The first-order chi connectivity index (χ1) is 8.99. The molecule has 2 rings (SSSR count). The summed E-state index contributed by atoms with van der Waals surface area (Å²) < 4.78 is 1.17. The summed E-state index contributed by atoms with van der Waals surface area (Å²) in [6.45, 7) is 1.42. The lowest BCUT2D eigenvalue weighted by molar-refractivity contribution is 0.110. The van der Waals surface area contributed by atoms with E-state index in [1.165, 1.54) is 16.2 Å². The molecule has 0 aromatic carbocycles. The van der Waals surface area contributed by atoms with Gasteiger partial charge in [-0.1, -0.05) is 23.2 Å². The molecule has 19 heavy (non-hydrogen) atoms. The lowest BCUT2D eigenvalue weighted by atomic mass is 10.2. The van der Waals surface area contributed by atoms with E-state index in [9.17, 15) is 9.90 Å². The lowest BCUT2D eigenvalue weighted by Crippen LogP contribution is -2.48. The van der Waals surface area contributed by atoms with Crippen LogP contribution in [0.1, 0.15) is 5.56 Å². The molecule has 1 aromatic rings. The standard InChI is InChI=1S/C11H15Cl2N3O2S/c1-16(7-4-14-5-8(7)17)11(18)15-3-6-2-9(12)19-10(6)13/h2,7-8,14,17H,3-5H2,1H3,(H,15,18)/t7-,8-/m0/s1. The highest BCUT2D eigenvalue weighted by molar-refractivity contribution is 7.20. The number of aliphatic hydroxyl groups is 1. The largest absolute Gasteiger partial charge is 0.390 e. The van der Waals surface area contributed by atoms with Crippen LogP contribution in [0.25, 0.3) is 0 Å². The van der Waals surface area contributed by atoms with E-state index in [4.69, 9.17) is 23.2 Å². The SMILES string of the molecule is CN(C(=O)NCc1cc(Cl)sc1Cl)[C@H]1CNC[C@@H]1O. The van der Waals surface area contributed by atoms with Crippen LogP contribution >= 0.6 is 34.5 Å². The van der Waals surface area contributed by atoms with Gasteiger partial charge in [-0.3, -0.25) is 0 Å². The number of rotatable bonds is 3. The molecule has 0 saturated carbocycles. The minimum atomic E-state index is -0.532. The quantitative estimate of drug-likeness (QED) is 0.790. The van der Waals surface area contributed by atoms with Crippen molar-refractivity contribution >= 4 is 40.6 Å². The van der Waals surface area contributed by atoms with Crippen LogP contribution in [0.3, 0.4) is 0 Å². The van der Waals surface area contributed by atoms with Gasteiger partial charge in [0, 0.05) is 32.2 Å². The number of nitrogens with one attached hydrogen (secondary N) is 2. The summed E-state index contributed by atoms with van der Waals surface area (Å²) in [7, 11) is 1.67. The molecule has 106 valence electrons. The monoisotopic (exact) mass is 323 g/mol.